The summed E-state index contributed by atoms with van der Waals surface area (Å²) < 4.78 is 2.43. The van der Waals surface area contributed by atoms with Crippen molar-refractivity contribution in [3.8, 4) is 0 Å². The molecule has 1 aliphatic heterocycles. The third-order valence-corrected chi connectivity index (χ3v) is 6.94. The molecular formula is C24H28N6S. The van der Waals surface area contributed by atoms with Gasteiger partial charge in [-0.2, -0.15) is 0 Å². The van der Waals surface area contributed by atoms with E-state index >= 15 is 0 Å². The van der Waals surface area contributed by atoms with Gasteiger partial charge in [0.05, 0.1) is 17.6 Å². The summed E-state index contributed by atoms with van der Waals surface area (Å²) in [6.07, 6.45) is 7.05. The number of nitrogens with one attached hydrogen (secondary N) is 1. The third kappa shape index (κ3) is 4.94. The average Bonchev–Trinajstić information content (AvgIpc) is 3.44. The fraction of sp³-hybridized carbons (Fsp3) is 0.375. The quantitative estimate of drug-likeness (QED) is 0.450. The minimum Gasteiger partial charge on any atom is -0.353 e. The average molecular weight is 433 g/mol. The van der Waals surface area contributed by atoms with Gasteiger partial charge in [0.25, 0.3) is 0 Å². The van der Waals surface area contributed by atoms with E-state index in [9.17, 15) is 0 Å². The number of para-hydroxylation sites is 2. The van der Waals surface area contributed by atoms with Gasteiger partial charge in [0.15, 0.2) is 0 Å². The number of hydrogen-bond donors (Lipinski definition) is 1. The molecule has 1 fully saturated rings. The third-order valence-electron chi connectivity index (χ3n) is 6.08. The number of imidazole rings is 1. The molecule has 4 aromatic rings. The van der Waals surface area contributed by atoms with E-state index in [1.807, 2.05) is 17.4 Å². The summed E-state index contributed by atoms with van der Waals surface area (Å²) in [5.41, 5.74) is 2.36. The van der Waals surface area contributed by atoms with Gasteiger partial charge in [-0.25, -0.2) is 15.0 Å². The number of hydrogen-bond acceptors (Lipinski definition) is 6. The summed E-state index contributed by atoms with van der Waals surface area (Å²) >= 11 is 1.82. The molecule has 5 rings (SSSR count). The summed E-state index contributed by atoms with van der Waals surface area (Å²) in [5.74, 6) is 2.64. The topological polar surface area (TPSA) is 58.9 Å². The van der Waals surface area contributed by atoms with E-state index in [1.165, 1.54) is 29.1 Å². The van der Waals surface area contributed by atoms with E-state index in [-0.39, 0.29) is 0 Å². The van der Waals surface area contributed by atoms with Crippen LogP contribution in [-0.2, 0) is 13.0 Å². The Morgan fingerprint density at radius 2 is 1.84 bits per heavy atom. The molecule has 1 aromatic carbocycles. The highest BCUT2D eigenvalue weighted by Crippen LogP contribution is 2.25. The van der Waals surface area contributed by atoms with Gasteiger partial charge in [0.2, 0.25) is 5.95 Å². The van der Waals surface area contributed by atoms with Crippen molar-refractivity contribution in [1.29, 1.82) is 0 Å². The number of nitrogens with zero attached hydrogens (tertiary/aromatic N) is 5. The first-order valence-electron chi connectivity index (χ1n) is 11.0. The first-order chi connectivity index (χ1) is 15.3. The van der Waals surface area contributed by atoms with E-state index in [0.717, 1.165) is 44.7 Å². The van der Waals surface area contributed by atoms with Crippen molar-refractivity contribution in [1.82, 2.24) is 24.4 Å². The molecule has 0 unspecified atom stereocenters. The molecule has 0 amide bonds. The van der Waals surface area contributed by atoms with Crippen molar-refractivity contribution >= 4 is 28.3 Å². The lowest BCUT2D eigenvalue weighted by Gasteiger charge is -2.31. The Morgan fingerprint density at radius 1 is 1.00 bits per heavy atom. The summed E-state index contributed by atoms with van der Waals surface area (Å²) in [5, 5.41) is 5.47. The van der Waals surface area contributed by atoms with E-state index in [2.05, 4.69) is 66.5 Å². The molecule has 7 heteroatoms. The van der Waals surface area contributed by atoms with Crippen molar-refractivity contribution in [3.63, 3.8) is 0 Å². The van der Waals surface area contributed by atoms with E-state index in [1.54, 1.807) is 12.4 Å². The van der Waals surface area contributed by atoms with Crippen LogP contribution in [0.15, 0.2) is 60.2 Å². The molecule has 1 saturated heterocycles. The van der Waals surface area contributed by atoms with Gasteiger partial charge in [-0.15, -0.1) is 11.3 Å². The SMILES string of the molecule is c1cnc(NCCN2CCC(Cc3nc4ccccc4n3Cc3cccs3)CC2)nc1. The molecule has 4 heterocycles. The molecule has 0 atom stereocenters. The molecule has 0 saturated carbocycles. The Morgan fingerprint density at radius 3 is 2.65 bits per heavy atom. The molecule has 0 aliphatic carbocycles. The number of benzene rings is 1. The van der Waals surface area contributed by atoms with Crippen molar-refractivity contribution in [2.45, 2.75) is 25.8 Å². The second kappa shape index (κ2) is 9.58. The molecule has 0 bridgehead atoms. The standard InChI is InChI=1S/C24H28N6S/c1-2-7-22-21(6-1)28-23(30(22)18-20-5-3-16-31-20)17-19-8-13-29(14-9-19)15-12-27-24-25-10-4-11-26-24/h1-7,10-11,16,19H,8-9,12-15,17-18H2,(H,25,26,27). The van der Waals surface area contributed by atoms with Gasteiger partial charge in [-0.1, -0.05) is 18.2 Å². The molecule has 1 N–H and O–H groups in total. The summed E-state index contributed by atoms with van der Waals surface area (Å²) in [7, 11) is 0. The second-order valence-corrected chi connectivity index (χ2v) is 9.20. The fourth-order valence-corrected chi connectivity index (χ4v) is 5.10. The predicted octanol–water partition coefficient (Wildman–Crippen LogP) is 4.30. The first-order valence-corrected chi connectivity index (χ1v) is 11.9. The first kappa shape index (κ1) is 20.2. The van der Waals surface area contributed by atoms with Crippen molar-refractivity contribution in [3.05, 3.63) is 70.9 Å². The van der Waals surface area contributed by atoms with Crippen LogP contribution in [0.1, 0.15) is 23.5 Å². The van der Waals surface area contributed by atoms with Gasteiger partial charge in [0.1, 0.15) is 5.82 Å². The highest BCUT2D eigenvalue weighted by Gasteiger charge is 2.22. The lowest BCUT2D eigenvalue weighted by Crippen LogP contribution is -2.37. The molecule has 3 aromatic heterocycles. The van der Waals surface area contributed by atoms with Crippen LogP contribution in [0.3, 0.4) is 0 Å². The summed E-state index contributed by atoms with van der Waals surface area (Å²) in [6.45, 7) is 5.12. The zero-order valence-electron chi connectivity index (χ0n) is 17.7. The number of likely N-dealkylation sites (tertiary alicyclic amines) is 1. The van der Waals surface area contributed by atoms with Crippen LogP contribution >= 0.6 is 11.3 Å². The van der Waals surface area contributed by atoms with Crippen LogP contribution in [0.25, 0.3) is 11.0 Å². The van der Waals surface area contributed by atoms with E-state index < -0.39 is 0 Å². The Kier molecular flexibility index (Phi) is 6.22. The fourth-order valence-electron chi connectivity index (χ4n) is 4.40. The monoisotopic (exact) mass is 432 g/mol. The van der Waals surface area contributed by atoms with Gasteiger partial charge in [-0.3, -0.25) is 0 Å². The van der Waals surface area contributed by atoms with E-state index in [0.29, 0.717) is 11.9 Å². The lowest BCUT2D eigenvalue weighted by atomic mass is 9.93. The maximum absolute atomic E-state index is 5.02. The van der Waals surface area contributed by atoms with Crippen molar-refractivity contribution < 1.29 is 0 Å². The Labute approximate surface area is 187 Å². The van der Waals surface area contributed by atoms with Crippen LogP contribution in [-0.4, -0.2) is 50.6 Å². The summed E-state index contributed by atoms with van der Waals surface area (Å²) in [6, 6.07) is 14.7. The van der Waals surface area contributed by atoms with Gasteiger partial charge in [-0.05, 0) is 61.5 Å². The molecule has 160 valence electrons. The highest BCUT2D eigenvalue weighted by molar-refractivity contribution is 7.09. The maximum atomic E-state index is 5.02. The normalized spacial score (nSPS) is 15.5. The lowest BCUT2D eigenvalue weighted by molar-refractivity contribution is 0.188. The van der Waals surface area contributed by atoms with E-state index in [4.69, 9.17) is 4.98 Å². The molecule has 6 nitrogen and oxygen atoms in total. The van der Waals surface area contributed by atoms with Crippen LogP contribution < -0.4 is 5.32 Å². The van der Waals surface area contributed by atoms with Gasteiger partial charge >= 0.3 is 0 Å². The van der Waals surface area contributed by atoms with Gasteiger partial charge < -0.3 is 14.8 Å². The zero-order chi connectivity index (χ0) is 20.9. The highest BCUT2D eigenvalue weighted by atomic mass is 32.1. The number of thiophene rings is 1. The molecule has 1 aliphatic rings. The van der Waals surface area contributed by atoms with Crippen LogP contribution in [0.2, 0.25) is 0 Å². The Bertz CT molecular complexity index is 1080. The predicted molar refractivity (Wildman–Crippen MR) is 127 cm³/mol. The molecule has 0 spiro atoms. The smallest absolute Gasteiger partial charge is 0.222 e. The van der Waals surface area contributed by atoms with Crippen molar-refractivity contribution in [2.24, 2.45) is 5.92 Å². The number of anilines is 1. The Hall–Kier alpha value is -2.77. The van der Waals surface area contributed by atoms with Crippen molar-refractivity contribution in [2.75, 3.05) is 31.5 Å². The van der Waals surface area contributed by atoms with Gasteiger partial charge in [0, 0.05) is 36.8 Å². The van der Waals surface area contributed by atoms with Crippen LogP contribution in [0, 0.1) is 5.92 Å². The molecule has 31 heavy (non-hydrogen) atoms. The Balaban J connectivity index is 1.18. The number of aromatic nitrogens is 4. The second-order valence-electron chi connectivity index (χ2n) is 8.17. The minimum atomic E-state index is 0.695. The summed E-state index contributed by atoms with van der Waals surface area (Å²) in [4.78, 5) is 17.4. The largest absolute Gasteiger partial charge is 0.353 e. The molecule has 0 radical (unpaired) electrons. The molecular weight excluding hydrogens is 404 g/mol. The number of piperidine rings is 1. The van der Waals surface area contributed by atoms with Crippen LogP contribution in [0.4, 0.5) is 5.95 Å². The zero-order valence-corrected chi connectivity index (χ0v) is 18.5. The maximum Gasteiger partial charge on any atom is 0.222 e. The minimum absolute atomic E-state index is 0.695. The number of fused-ring (bicyclic) bond motifs is 1. The number of rotatable bonds is 8. The van der Waals surface area contributed by atoms with Crippen LogP contribution in [0.5, 0.6) is 0 Å².